The van der Waals surface area contributed by atoms with Crippen molar-refractivity contribution in [3.05, 3.63) is 60.3 Å². The third-order valence-corrected chi connectivity index (χ3v) is 3.01. The van der Waals surface area contributed by atoms with E-state index in [0.29, 0.717) is 11.5 Å². The largest absolute Gasteiger partial charge is 0.506 e. The summed E-state index contributed by atoms with van der Waals surface area (Å²) in [6.07, 6.45) is 0. The van der Waals surface area contributed by atoms with E-state index >= 15 is 0 Å². The molecule has 3 rings (SSSR count). The number of phenols is 1. The Bertz CT molecular complexity index is 797. The number of azo groups is 1. The lowest BCUT2D eigenvalue weighted by Gasteiger charge is -2.03. The van der Waals surface area contributed by atoms with Crippen LogP contribution < -0.4 is 0 Å². The highest BCUT2D eigenvalue weighted by molar-refractivity contribution is 5.95. The van der Waals surface area contributed by atoms with Gasteiger partial charge >= 0.3 is 0 Å². The number of benzene rings is 2. The second-order valence-electron chi connectivity index (χ2n) is 4.49. The molecule has 2 aromatic carbocycles. The number of rotatable bonds is 2. The van der Waals surface area contributed by atoms with Crippen LogP contribution in [-0.2, 0) is 0 Å². The molecule has 0 saturated heterocycles. The second kappa shape index (κ2) is 5.09. The Morgan fingerprint density at radius 2 is 1.75 bits per heavy atom. The minimum atomic E-state index is 0.111. The fourth-order valence-electron chi connectivity index (χ4n) is 2.03. The van der Waals surface area contributed by atoms with Crippen LogP contribution in [0.15, 0.2) is 64.8 Å². The SMILES string of the molecule is Cc1cccc(N=Nc2c(O)ccc3ccccc23)n1. The topological polar surface area (TPSA) is 57.8 Å². The minimum absolute atomic E-state index is 0.111. The number of hydrogen-bond donors (Lipinski definition) is 1. The monoisotopic (exact) mass is 263 g/mol. The number of nitrogens with zero attached hydrogens (tertiary/aromatic N) is 3. The van der Waals surface area contributed by atoms with E-state index in [2.05, 4.69) is 15.2 Å². The Morgan fingerprint density at radius 1 is 0.900 bits per heavy atom. The van der Waals surface area contributed by atoms with Gasteiger partial charge in [0, 0.05) is 11.1 Å². The van der Waals surface area contributed by atoms with Crippen LogP contribution in [0.25, 0.3) is 10.8 Å². The molecule has 0 spiro atoms. The lowest BCUT2D eigenvalue weighted by atomic mass is 10.1. The van der Waals surface area contributed by atoms with E-state index in [1.807, 2.05) is 49.4 Å². The smallest absolute Gasteiger partial charge is 0.174 e. The van der Waals surface area contributed by atoms with Crippen LogP contribution in [0.4, 0.5) is 11.5 Å². The molecule has 0 saturated carbocycles. The molecule has 20 heavy (non-hydrogen) atoms. The maximum absolute atomic E-state index is 9.97. The van der Waals surface area contributed by atoms with Gasteiger partial charge in [-0.1, -0.05) is 36.4 Å². The number of aryl methyl sites for hydroxylation is 1. The summed E-state index contributed by atoms with van der Waals surface area (Å²) in [5.41, 5.74) is 1.34. The highest BCUT2D eigenvalue weighted by Gasteiger charge is 2.05. The summed E-state index contributed by atoms with van der Waals surface area (Å²) in [6.45, 7) is 1.90. The molecule has 1 N–H and O–H groups in total. The molecule has 1 heterocycles. The van der Waals surface area contributed by atoms with Crippen molar-refractivity contribution in [1.82, 2.24) is 4.98 Å². The van der Waals surface area contributed by atoms with Crippen molar-refractivity contribution < 1.29 is 5.11 Å². The van der Waals surface area contributed by atoms with Crippen molar-refractivity contribution in [3.63, 3.8) is 0 Å². The highest BCUT2D eigenvalue weighted by atomic mass is 16.3. The molecule has 0 fully saturated rings. The van der Waals surface area contributed by atoms with Gasteiger partial charge in [-0.25, -0.2) is 4.98 Å². The number of pyridine rings is 1. The maximum atomic E-state index is 9.97. The number of aromatic hydroxyl groups is 1. The van der Waals surface area contributed by atoms with Gasteiger partial charge in [0.1, 0.15) is 11.4 Å². The standard InChI is InChI=1S/C16H13N3O/c1-11-5-4-8-15(17-11)18-19-16-13-7-3-2-6-12(13)9-10-14(16)20/h2-10,20H,1H3. The van der Waals surface area contributed by atoms with Crippen LogP contribution in [0.5, 0.6) is 5.75 Å². The summed E-state index contributed by atoms with van der Waals surface area (Å²) in [7, 11) is 0. The average molecular weight is 263 g/mol. The summed E-state index contributed by atoms with van der Waals surface area (Å²) < 4.78 is 0. The first kappa shape index (κ1) is 12.3. The molecule has 0 aliphatic rings. The molecule has 4 heteroatoms. The van der Waals surface area contributed by atoms with Crippen LogP contribution in [0.3, 0.4) is 0 Å². The van der Waals surface area contributed by atoms with Crippen LogP contribution >= 0.6 is 0 Å². The predicted octanol–water partition coefficient (Wildman–Crippen LogP) is 4.66. The lowest BCUT2D eigenvalue weighted by Crippen LogP contribution is -1.78. The van der Waals surface area contributed by atoms with Gasteiger partial charge in [-0.2, -0.15) is 0 Å². The van der Waals surface area contributed by atoms with Crippen molar-refractivity contribution in [2.24, 2.45) is 10.2 Å². The Hall–Kier alpha value is -2.75. The third-order valence-electron chi connectivity index (χ3n) is 3.01. The second-order valence-corrected chi connectivity index (χ2v) is 4.49. The third kappa shape index (κ3) is 2.36. The fraction of sp³-hybridized carbons (Fsp3) is 0.0625. The summed E-state index contributed by atoms with van der Waals surface area (Å²) in [6, 6.07) is 16.8. The van der Waals surface area contributed by atoms with E-state index < -0.39 is 0 Å². The number of aromatic nitrogens is 1. The molecule has 0 radical (unpaired) electrons. The van der Waals surface area contributed by atoms with Crippen LogP contribution in [0.1, 0.15) is 5.69 Å². The minimum Gasteiger partial charge on any atom is -0.506 e. The molecule has 98 valence electrons. The molecule has 0 aliphatic carbocycles. The maximum Gasteiger partial charge on any atom is 0.174 e. The van der Waals surface area contributed by atoms with Crippen molar-refractivity contribution >= 4 is 22.3 Å². The van der Waals surface area contributed by atoms with E-state index in [-0.39, 0.29) is 5.75 Å². The van der Waals surface area contributed by atoms with E-state index in [0.717, 1.165) is 16.5 Å². The Kier molecular flexibility index (Phi) is 3.13. The summed E-state index contributed by atoms with van der Waals surface area (Å²) in [4.78, 5) is 4.26. The van der Waals surface area contributed by atoms with Crippen molar-refractivity contribution in [2.75, 3.05) is 0 Å². The van der Waals surface area contributed by atoms with Gasteiger partial charge in [-0.15, -0.1) is 10.2 Å². The van der Waals surface area contributed by atoms with Gasteiger partial charge in [-0.05, 0) is 30.5 Å². The van der Waals surface area contributed by atoms with E-state index in [9.17, 15) is 5.11 Å². The Morgan fingerprint density at radius 3 is 2.60 bits per heavy atom. The van der Waals surface area contributed by atoms with E-state index in [1.165, 1.54) is 0 Å². The molecule has 0 atom stereocenters. The zero-order valence-corrected chi connectivity index (χ0v) is 11.0. The molecule has 0 aliphatic heterocycles. The van der Waals surface area contributed by atoms with Crippen LogP contribution in [-0.4, -0.2) is 10.1 Å². The zero-order chi connectivity index (χ0) is 13.9. The lowest BCUT2D eigenvalue weighted by molar-refractivity contribution is 0.477. The Balaban J connectivity index is 2.08. The van der Waals surface area contributed by atoms with Crippen LogP contribution in [0, 0.1) is 6.92 Å². The average Bonchev–Trinajstić information content (AvgIpc) is 2.46. The van der Waals surface area contributed by atoms with E-state index in [1.54, 1.807) is 12.1 Å². The van der Waals surface area contributed by atoms with Crippen molar-refractivity contribution in [1.29, 1.82) is 0 Å². The molecule has 1 aromatic heterocycles. The number of phenolic OH excluding ortho intramolecular Hbond substituents is 1. The van der Waals surface area contributed by atoms with Gasteiger partial charge in [0.2, 0.25) is 0 Å². The first-order chi connectivity index (χ1) is 9.74. The number of hydrogen-bond acceptors (Lipinski definition) is 4. The first-order valence-electron chi connectivity index (χ1n) is 6.30. The molecule has 4 nitrogen and oxygen atoms in total. The fourth-order valence-corrected chi connectivity index (χ4v) is 2.03. The summed E-state index contributed by atoms with van der Waals surface area (Å²) >= 11 is 0. The summed E-state index contributed by atoms with van der Waals surface area (Å²) in [5, 5.41) is 20.1. The predicted molar refractivity (Wildman–Crippen MR) is 78.8 cm³/mol. The zero-order valence-electron chi connectivity index (χ0n) is 11.0. The molecule has 3 aromatic rings. The van der Waals surface area contributed by atoms with Crippen molar-refractivity contribution in [3.8, 4) is 5.75 Å². The summed E-state index contributed by atoms with van der Waals surface area (Å²) in [5.74, 6) is 0.637. The quantitative estimate of drug-likeness (QED) is 0.683. The van der Waals surface area contributed by atoms with Crippen LogP contribution in [0.2, 0.25) is 0 Å². The van der Waals surface area contributed by atoms with Crippen molar-refractivity contribution in [2.45, 2.75) is 6.92 Å². The van der Waals surface area contributed by atoms with E-state index in [4.69, 9.17) is 0 Å². The van der Waals surface area contributed by atoms with Gasteiger partial charge in [0.25, 0.3) is 0 Å². The molecule has 0 unspecified atom stereocenters. The molecule has 0 bridgehead atoms. The van der Waals surface area contributed by atoms with Gasteiger partial charge in [0.15, 0.2) is 5.82 Å². The molecular weight excluding hydrogens is 250 g/mol. The first-order valence-corrected chi connectivity index (χ1v) is 6.30. The highest BCUT2D eigenvalue weighted by Crippen LogP contribution is 2.35. The van der Waals surface area contributed by atoms with Gasteiger partial charge < -0.3 is 5.11 Å². The number of fused-ring (bicyclic) bond motifs is 1. The molecule has 0 amide bonds. The van der Waals surface area contributed by atoms with Gasteiger partial charge in [0.05, 0.1) is 0 Å². The van der Waals surface area contributed by atoms with Gasteiger partial charge in [-0.3, -0.25) is 0 Å². The Labute approximate surface area is 116 Å². The normalized spacial score (nSPS) is 11.2. The molecular formula is C16H13N3O.